The van der Waals surface area contributed by atoms with Crippen LogP contribution in [0.4, 0.5) is 0 Å². The summed E-state index contributed by atoms with van der Waals surface area (Å²) in [5.41, 5.74) is 5.63. The number of piperidine rings is 1. The zero-order chi connectivity index (χ0) is 19.6. The second-order valence-electron chi connectivity index (χ2n) is 8.31. The highest BCUT2D eigenvalue weighted by molar-refractivity contribution is 6.30. The Bertz CT molecular complexity index is 909. The molecule has 0 spiro atoms. The maximum absolute atomic E-state index is 6.20. The maximum Gasteiger partial charge on any atom is 0.0601 e. The molecule has 0 radical (unpaired) electrons. The fourth-order valence-electron chi connectivity index (χ4n) is 5.04. The topological polar surface area (TPSA) is 6.48 Å². The van der Waals surface area contributed by atoms with E-state index in [-0.39, 0.29) is 0 Å². The molecule has 1 fully saturated rings. The van der Waals surface area contributed by atoms with Crippen molar-refractivity contribution in [3.63, 3.8) is 0 Å². The van der Waals surface area contributed by atoms with Crippen molar-refractivity contribution in [1.29, 1.82) is 0 Å². The molecule has 2 nitrogen and oxygen atoms in total. The third-order valence-corrected chi connectivity index (χ3v) is 6.76. The molecule has 0 bridgehead atoms. The maximum atomic E-state index is 6.20. The van der Waals surface area contributed by atoms with Gasteiger partial charge in [-0.3, -0.25) is 9.80 Å². The first kappa shape index (κ1) is 18.9. The van der Waals surface area contributed by atoms with Crippen molar-refractivity contribution in [2.45, 2.75) is 38.0 Å². The van der Waals surface area contributed by atoms with E-state index >= 15 is 0 Å². The fourth-order valence-corrected chi connectivity index (χ4v) is 5.24. The first-order valence-corrected chi connectivity index (χ1v) is 11.0. The van der Waals surface area contributed by atoms with Crippen molar-refractivity contribution < 1.29 is 0 Å². The molecule has 2 aliphatic rings. The van der Waals surface area contributed by atoms with Crippen LogP contribution in [0.1, 0.15) is 41.1 Å². The summed E-state index contributed by atoms with van der Waals surface area (Å²) in [6.07, 6.45) is 2.44. The number of rotatable bonds is 4. The van der Waals surface area contributed by atoms with Crippen LogP contribution in [0.25, 0.3) is 0 Å². The molecule has 0 atom stereocenters. The van der Waals surface area contributed by atoms with Gasteiger partial charge in [-0.05, 0) is 47.2 Å². The second-order valence-corrected chi connectivity index (χ2v) is 8.75. The quantitative estimate of drug-likeness (QED) is 0.535. The van der Waals surface area contributed by atoms with E-state index in [2.05, 4.69) is 82.6 Å². The molecular weight excluding hydrogens is 376 g/mol. The van der Waals surface area contributed by atoms with Crippen molar-refractivity contribution in [2.75, 3.05) is 13.1 Å². The Morgan fingerprint density at radius 2 is 1.31 bits per heavy atom. The minimum absolute atomic E-state index is 0.341. The molecule has 1 saturated heterocycles. The van der Waals surface area contributed by atoms with Gasteiger partial charge in [-0.25, -0.2) is 0 Å². The summed E-state index contributed by atoms with van der Waals surface area (Å²) in [6.45, 7) is 4.37. The van der Waals surface area contributed by atoms with Gasteiger partial charge in [0.25, 0.3) is 0 Å². The molecule has 3 aromatic rings. The van der Waals surface area contributed by atoms with Crippen molar-refractivity contribution in [1.82, 2.24) is 9.80 Å². The number of likely N-dealkylation sites (tertiary alicyclic amines) is 1. The molecule has 0 unspecified atom stereocenters. The second kappa shape index (κ2) is 8.31. The van der Waals surface area contributed by atoms with Gasteiger partial charge in [-0.15, -0.1) is 0 Å². The summed E-state index contributed by atoms with van der Waals surface area (Å²) < 4.78 is 0. The van der Waals surface area contributed by atoms with Gasteiger partial charge < -0.3 is 0 Å². The minimum atomic E-state index is 0.341. The Morgan fingerprint density at radius 1 is 0.724 bits per heavy atom. The van der Waals surface area contributed by atoms with Gasteiger partial charge in [0, 0.05) is 37.2 Å². The van der Waals surface area contributed by atoms with E-state index in [4.69, 9.17) is 11.6 Å². The molecule has 0 aromatic heterocycles. The van der Waals surface area contributed by atoms with Crippen LogP contribution in [0.3, 0.4) is 0 Å². The average molecular weight is 403 g/mol. The summed E-state index contributed by atoms with van der Waals surface area (Å²) in [7, 11) is 0. The molecule has 0 amide bonds. The van der Waals surface area contributed by atoms with Gasteiger partial charge in [-0.2, -0.15) is 0 Å². The van der Waals surface area contributed by atoms with Gasteiger partial charge in [0.05, 0.1) is 6.04 Å². The summed E-state index contributed by atoms with van der Waals surface area (Å²) in [6, 6.07) is 29.3. The number of hydrogen-bond acceptors (Lipinski definition) is 2. The SMILES string of the molecule is Clc1ccc2c(c1)CN(C1CCN(C(c3ccccc3)c3ccccc3)CC1)C2. The number of hydrogen-bond donors (Lipinski definition) is 0. The van der Waals surface area contributed by atoms with E-state index in [9.17, 15) is 0 Å². The predicted molar refractivity (Wildman–Crippen MR) is 120 cm³/mol. The Balaban J connectivity index is 1.30. The van der Waals surface area contributed by atoms with E-state index in [0.717, 1.165) is 31.2 Å². The molecule has 3 heteroatoms. The highest BCUT2D eigenvalue weighted by Crippen LogP contribution is 2.34. The number of nitrogens with zero attached hydrogens (tertiary/aromatic N) is 2. The molecule has 2 aliphatic heterocycles. The van der Waals surface area contributed by atoms with E-state index in [1.807, 2.05) is 6.07 Å². The van der Waals surface area contributed by atoms with Crippen molar-refractivity contribution in [3.05, 3.63) is 106 Å². The zero-order valence-corrected chi connectivity index (χ0v) is 17.4. The molecule has 5 rings (SSSR count). The van der Waals surface area contributed by atoms with E-state index in [0.29, 0.717) is 12.1 Å². The highest BCUT2D eigenvalue weighted by atomic mass is 35.5. The standard InChI is InChI=1S/C26H27ClN2/c27-24-12-11-22-18-29(19-23(22)17-24)25-13-15-28(16-14-25)26(20-7-3-1-4-8-20)21-9-5-2-6-10-21/h1-12,17,25-26H,13-16,18-19H2. The largest absolute Gasteiger partial charge is 0.292 e. The van der Waals surface area contributed by atoms with Crippen molar-refractivity contribution >= 4 is 11.6 Å². The van der Waals surface area contributed by atoms with E-state index < -0.39 is 0 Å². The minimum Gasteiger partial charge on any atom is -0.292 e. The Kier molecular flexibility index (Phi) is 5.41. The third kappa shape index (κ3) is 3.98. The number of fused-ring (bicyclic) bond motifs is 1. The molecular formula is C26H27ClN2. The van der Waals surface area contributed by atoms with E-state index in [1.54, 1.807) is 0 Å². The molecule has 0 N–H and O–H groups in total. The Labute approximate surface area is 178 Å². The molecule has 2 heterocycles. The van der Waals surface area contributed by atoms with Crippen LogP contribution in [-0.2, 0) is 13.1 Å². The van der Waals surface area contributed by atoms with Gasteiger partial charge >= 0.3 is 0 Å². The molecule has 0 aliphatic carbocycles. The van der Waals surface area contributed by atoms with Crippen LogP contribution in [0.15, 0.2) is 78.9 Å². The molecule has 0 saturated carbocycles. The first-order valence-electron chi connectivity index (χ1n) is 10.6. The van der Waals surface area contributed by atoms with Crippen LogP contribution >= 0.6 is 11.6 Å². The van der Waals surface area contributed by atoms with Crippen LogP contribution in [0.5, 0.6) is 0 Å². The number of halogens is 1. The summed E-state index contributed by atoms with van der Waals surface area (Å²) in [5.74, 6) is 0. The fraction of sp³-hybridized carbons (Fsp3) is 0.308. The lowest BCUT2D eigenvalue weighted by molar-refractivity contribution is 0.0912. The van der Waals surface area contributed by atoms with Gasteiger partial charge in [0.2, 0.25) is 0 Å². The summed E-state index contributed by atoms with van der Waals surface area (Å²) in [5, 5.41) is 0.856. The average Bonchev–Trinajstić information content (AvgIpc) is 3.19. The Hall–Kier alpha value is -2.13. The zero-order valence-electron chi connectivity index (χ0n) is 16.7. The Morgan fingerprint density at radius 3 is 1.93 bits per heavy atom. The van der Waals surface area contributed by atoms with Crippen molar-refractivity contribution in [2.24, 2.45) is 0 Å². The summed E-state index contributed by atoms with van der Waals surface area (Å²) >= 11 is 6.20. The molecule has 148 valence electrons. The van der Waals surface area contributed by atoms with Crippen LogP contribution in [0.2, 0.25) is 5.02 Å². The highest BCUT2D eigenvalue weighted by Gasteiger charge is 2.32. The first-order chi connectivity index (χ1) is 14.3. The van der Waals surface area contributed by atoms with Crippen molar-refractivity contribution in [3.8, 4) is 0 Å². The monoisotopic (exact) mass is 402 g/mol. The smallest absolute Gasteiger partial charge is 0.0601 e. The summed E-state index contributed by atoms with van der Waals surface area (Å²) in [4.78, 5) is 5.32. The lowest BCUT2D eigenvalue weighted by Gasteiger charge is -2.40. The number of benzene rings is 3. The predicted octanol–water partition coefficient (Wildman–Crippen LogP) is 5.91. The lowest BCUT2D eigenvalue weighted by atomic mass is 9.93. The lowest BCUT2D eigenvalue weighted by Crippen LogP contribution is -2.44. The van der Waals surface area contributed by atoms with Crippen LogP contribution in [-0.4, -0.2) is 28.9 Å². The van der Waals surface area contributed by atoms with E-state index in [1.165, 1.54) is 35.1 Å². The van der Waals surface area contributed by atoms with Gasteiger partial charge in [-0.1, -0.05) is 78.3 Å². The molecule has 29 heavy (non-hydrogen) atoms. The van der Waals surface area contributed by atoms with Crippen LogP contribution < -0.4 is 0 Å². The van der Waals surface area contributed by atoms with Gasteiger partial charge in [0.15, 0.2) is 0 Å². The van der Waals surface area contributed by atoms with Crippen LogP contribution in [0, 0.1) is 0 Å². The third-order valence-electron chi connectivity index (χ3n) is 6.53. The normalized spacial score (nSPS) is 18.3. The van der Waals surface area contributed by atoms with Gasteiger partial charge in [0.1, 0.15) is 0 Å². The molecule has 3 aromatic carbocycles.